The first-order valence-corrected chi connectivity index (χ1v) is 6.06. The van der Waals surface area contributed by atoms with Crippen LogP contribution in [0.25, 0.3) is 0 Å². The SMILES string of the molecule is COC1CCC(NCC(=O)N(C)C(C)C)C1. The Balaban J connectivity index is 2.22. The lowest BCUT2D eigenvalue weighted by Crippen LogP contribution is -2.42. The Kier molecular flexibility index (Phi) is 5.22. The molecule has 0 aromatic rings. The summed E-state index contributed by atoms with van der Waals surface area (Å²) < 4.78 is 5.30. The zero-order valence-corrected chi connectivity index (χ0v) is 10.8. The van der Waals surface area contributed by atoms with Crippen molar-refractivity contribution in [2.45, 2.75) is 51.3 Å². The van der Waals surface area contributed by atoms with Crippen LogP contribution in [0.3, 0.4) is 0 Å². The zero-order valence-electron chi connectivity index (χ0n) is 10.8. The van der Waals surface area contributed by atoms with Gasteiger partial charge in [-0.3, -0.25) is 4.79 Å². The molecule has 0 aliphatic heterocycles. The first-order chi connectivity index (χ1) is 7.54. The minimum absolute atomic E-state index is 0.163. The summed E-state index contributed by atoms with van der Waals surface area (Å²) >= 11 is 0. The topological polar surface area (TPSA) is 41.6 Å². The molecular formula is C12H24N2O2. The molecule has 0 saturated heterocycles. The molecule has 1 N–H and O–H groups in total. The number of rotatable bonds is 5. The van der Waals surface area contributed by atoms with E-state index in [1.165, 1.54) is 0 Å². The van der Waals surface area contributed by atoms with Crippen LogP contribution in [-0.4, -0.2) is 49.7 Å². The van der Waals surface area contributed by atoms with Gasteiger partial charge in [0.1, 0.15) is 0 Å². The number of ether oxygens (including phenoxy) is 1. The van der Waals surface area contributed by atoms with Crippen LogP contribution in [0.4, 0.5) is 0 Å². The Labute approximate surface area is 98.3 Å². The first-order valence-electron chi connectivity index (χ1n) is 6.06. The summed E-state index contributed by atoms with van der Waals surface area (Å²) in [5, 5.41) is 3.31. The van der Waals surface area contributed by atoms with Gasteiger partial charge in [-0.15, -0.1) is 0 Å². The van der Waals surface area contributed by atoms with Crippen LogP contribution < -0.4 is 5.32 Å². The summed E-state index contributed by atoms with van der Waals surface area (Å²) in [6.07, 6.45) is 3.60. The van der Waals surface area contributed by atoms with Crippen molar-refractivity contribution in [1.82, 2.24) is 10.2 Å². The van der Waals surface area contributed by atoms with Crippen molar-refractivity contribution in [3.63, 3.8) is 0 Å². The molecular weight excluding hydrogens is 204 g/mol. The first kappa shape index (κ1) is 13.5. The monoisotopic (exact) mass is 228 g/mol. The fourth-order valence-corrected chi connectivity index (χ4v) is 1.98. The highest BCUT2D eigenvalue weighted by Gasteiger charge is 2.24. The van der Waals surface area contributed by atoms with Gasteiger partial charge in [0.25, 0.3) is 0 Å². The van der Waals surface area contributed by atoms with Gasteiger partial charge < -0.3 is 15.0 Å². The van der Waals surface area contributed by atoms with Gasteiger partial charge in [0.2, 0.25) is 5.91 Å². The van der Waals surface area contributed by atoms with Gasteiger partial charge >= 0.3 is 0 Å². The second kappa shape index (κ2) is 6.21. The van der Waals surface area contributed by atoms with E-state index < -0.39 is 0 Å². The molecule has 2 atom stereocenters. The summed E-state index contributed by atoms with van der Waals surface area (Å²) in [6, 6.07) is 0.707. The van der Waals surface area contributed by atoms with Gasteiger partial charge in [0.05, 0.1) is 12.6 Å². The van der Waals surface area contributed by atoms with Gasteiger partial charge in [0, 0.05) is 26.2 Å². The second-order valence-corrected chi connectivity index (χ2v) is 4.85. The molecule has 1 aliphatic rings. The number of nitrogens with zero attached hydrogens (tertiary/aromatic N) is 1. The van der Waals surface area contributed by atoms with Crippen molar-refractivity contribution < 1.29 is 9.53 Å². The molecule has 1 fully saturated rings. The van der Waals surface area contributed by atoms with E-state index in [9.17, 15) is 4.79 Å². The molecule has 0 heterocycles. The number of carbonyl (C=O) groups excluding carboxylic acids is 1. The molecule has 1 rings (SSSR count). The standard InChI is InChI=1S/C12H24N2O2/c1-9(2)14(3)12(15)8-13-10-5-6-11(7-10)16-4/h9-11,13H,5-8H2,1-4H3. The van der Waals surface area contributed by atoms with Gasteiger partial charge in [-0.2, -0.15) is 0 Å². The van der Waals surface area contributed by atoms with E-state index in [0.29, 0.717) is 18.7 Å². The van der Waals surface area contributed by atoms with Crippen LogP contribution in [0.15, 0.2) is 0 Å². The van der Waals surface area contributed by atoms with Crippen LogP contribution in [-0.2, 0) is 9.53 Å². The maximum Gasteiger partial charge on any atom is 0.236 e. The van der Waals surface area contributed by atoms with E-state index in [4.69, 9.17) is 4.74 Å². The van der Waals surface area contributed by atoms with Gasteiger partial charge in [-0.05, 0) is 33.1 Å². The van der Waals surface area contributed by atoms with Crippen LogP contribution >= 0.6 is 0 Å². The Bertz CT molecular complexity index is 231. The molecule has 0 aromatic carbocycles. The second-order valence-electron chi connectivity index (χ2n) is 4.85. The summed E-state index contributed by atoms with van der Waals surface area (Å²) in [7, 11) is 3.60. The molecule has 94 valence electrons. The van der Waals surface area contributed by atoms with E-state index in [1.54, 1.807) is 12.0 Å². The normalized spacial score (nSPS) is 25.1. The van der Waals surface area contributed by atoms with E-state index in [1.807, 2.05) is 20.9 Å². The van der Waals surface area contributed by atoms with Crippen LogP contribution in [0, 0.1) is 0 Å². The molecule has 2 unspecified atom stereocenters. The van der Waals surface area contributed by atoms with Gasteiger partial charge in [0.15, 0.2) is 0 Å². The Hall–Kier alpha value is -0.610. The molecule has 4 heteroatoms. The fourth-order valence-electron chi connectivity index (χ4n) is 1.98. The lowest BCUT2D eigenvalue weighted by atomic mass is 10.2. The van der Waals surface area contributed by atoms with Crippen molar-refractivity contribution in [2.75, 3.05) is 20.7 Å². The lowest BCUT2D eigenvalue weighted by molar-refractivity contribution is -0.130. The molecule has 0 aromatic heterocycles. The maximum atomic E-state index is 11.7. The maximum absolute atomic E-state index is 11.7. The number of methoxy groups -OCH3 is 1. The number of nitrogens with one attached hydrogen (secondary N) is 1. The van der Waals surface area contributed by atoms with E-state index in [0.717, 1.165) is 19.3 Å². The van der Waals surface area contributed by atoms with Crippen molar-refractivity contribution in [2.24, 2.45) is 0 Å². The zero-order chi connectivity index (χ0) is 12.1. The summed E-state index contributed by atoms with van der Waals surface area (Å²) in [5.41, 5.74) is 0. The quantitative estimate of drug-likeness (QED) is 0.763. The minimum atomic E-state index is 0.163. The Morgan fingerprint density at radius 3 is 2.69 bits per heavy atom. The lowest BCUT2D eigenvalue weighted by Gasteiger charge is -2.22. The summed E-state index contributed by atoms with van der Waals surface area (Å²) in [6.45, 7) is 4.48. The number of hydrogen-bond acceptors (Lipinski definition) is 3. The number of likely N-dealkylation sites (N-methyl/N-ethyl adjacent to an activating group) is 1. The largest absolute Gasteiger partial charge is 0.381 e. The number of amides is 1. The third-order valence-electron chi connectivity index (χ3n) is 3.43. The Morgan fingerprint density at radius 2 is 2.19 bits per heavy atom. The molecule has 1 aliphatic carbocycles. The predicted octanol–water partition coefficient (Wildman–Crippen LogP) is 1.01. The number of hydrogen-bond donors (Lipinski definition) is 1. The minimum Gasteiger partial charge on any atom is -0.381 e. The highest BCUT2D eigenvalue weighted by molar-refractivity contribution is 5.78. The molecule has 1 amide bonds. The summed E-state index contributed by atoms with van der Waals surface area (Å²) in [5.74, 6) is 0.163. The molecule has 4 nitrogen and oxygen atoms in total. The third kappa shape index (κ3) is 3.76. The van der Waals surface area contributed by atoms with E-state index >= 15 is 0 Å². The smallest absolute Gasteiger partial charge is 0.236 e. The molecule has 16 heavy (non-hydrogen) atoms. The molecule has 0 radical (unpaired) electrons. The highest BCUT2D eigenvalue weighted by Crippen LogP contribution is 2.21. The van der Waals surface area contributed by atoms with Crippen LogP contribution in [0.2, 0.25) is 0 Å². The van der Waals surface area contributed by atoms with Crippen LogP contribution in [0.1, 0.15) is 33.1 Å². The summed E-state index contributed by atoms with van der Waals surface area (Å²) in [4.78, 5) is 13.5. The van der Waals surface area contributed by atoms with E-state index in [2.05, 4.69) is 5.32 Å². The molecule has 0 spiro atoms. The van der Waals surface area contributed by atoms with Gasteiger partial charge in [-0.25, -0.2) is 0 Å². The molecule has 1 saturated carbocycles. The average Bonchev–Trinajstić information content (AvgIpc) is 2.72. The average molecular weight is 228 g/mol. The predicted molar refractivity (Wildman–Crippen MR) is 64.3 cm³/mol. The van der Waals surface area contributed by atoms with E-state index in [-0.39, 0.29) is 11.9 Å². The van der Waals surface area contributed by atoms with Gasteiger partial charge in [-0.1, -0.05) is 0 Å². The van der Waals surface area contributed by atoms with Crippen molar-refractivity contribution in [3.8, 4) is 0 Å². The highest BCUT2D eigenvalue weighted by atomic mass is 16.5. The van der Waals surface area contributed by atoms with Crippen molar-refractivity contribution in [3.05, 3.63) is 0 Å². The Morgan fingerprint density at radius 1 is 1.50 bits per heavy atom. The molecule has 0 bridgehead atoms. The van der Waals surface area contributed by atoms with Crippen molar-refractivity contribution >= 4 is 5.91 Å². The number of carbonyl (C=O) groups is 1. The fraction of sp³-hybridized carbons (Fsp3) is 0.917. The van der Waals surface area contributed by atoms with Crippen molar-refractivity contribution in [1.29, 1.82) is 0 Å². The van der Waals surface area contributed by atoms with Crippen LogP contribution in [0.5, 0.6) is 0 Å². The third-order valence-corrected chi connectivity index (χ3v) is 3.43.